The minimum absolute atomic E-state index is 0.153. The first-order valence-electron chi connectivity index (χ1n) is 6.22. The normalized spacial score (nSPS) is 11.5. The summed E-state index contributed by atoms with van der Waals surface area (Å²) in [5.41, 5.74) is 6.55. The van der Waals surface area contributed by atoms with E-state index in [0.717, 1.165) is 5.56 Å². The highest BCUT2D eigenvalue weighted by molar-refractivity contribution is 5.87. The van der Waals surface area contributed by atoms with E-state index in [9.17, 15) is 9.59 Å². The number of nitrogens with one attached hydrogen (secondary N) is 3. The second-order valence-electron chi connectivity index (χ2n) is 4.23. The first-order chi connectivity index (χ1) is 9.52. The molecule has 1 aromatic rings. The summed E-state index contributed by atoms with van der Waals surface area (Å²) in [4.78, 5) is 22.3. The maximum Gasteiger partial charge on any atom is 0.316 e. The average molecular weight is 280 g/mol. The van der Waals surface area contributed by atoms with Crippen molar-refractivity contribution in [2.75, 3.05) is 25.6 Å². The van der Waals surface area contributed by atoms with Crippen molar-refractivity contribution in [3.05, 3.63) is 29.8 Å². The first-order valence-corrected chi connectivity index (χ1v) is 6.22. The van der Waals surface area contributed by atoms with Crippen LogP contribution in [0.25, 0.3) is 0 Å². The fraction of sp³-hybridized carbons (Fsp3) is 0.385. The van der Waals surface area contributed by atoms with Crippen molar-refractivity contribution >= 4 is 17.7 Å². The Kier molecular flexibility index (Phi) is 6.31. The maximum atomic E-state index is 11.6. The van der Waals surface area contributed by atoms with E-state index >= 15 is 0 Å². The van der Waals surface area contributed by atoms with Gasteiger partial charge >= 0.3 is 12.1 Å². The van der Waals surface area contributed by atoms with Gasteiger partial charge in [0.2, 0.25) is 0 Å². The molecule has 1 rings (SSSR count). The summed E-state index contributed by atoms with van der Waals surface area (Å²) >= 11 is 0. The number of carbonyl (C=O) groups excluding carboxylic acids is 2. The minimum atomic E-state index is -0.610. The van der Waals surface area contributed by atoms with Crippen molar-refractivity contribution in [1.82, 2.24) is 10.6 Å². The predicted molar refractivity (Wildman–Crippen MR) is 76.5 cm³/mol. The average Bonchev–Trinajstić information content (AvgIpc) is 2.39. The van der Waals surface area contributed by atoms with Gasteiger partial charge in [-0.25, -0.2) is 9.59 Å². The highest BCUT2D eigenvalue weighted by atomic mass is 16.5. The van der Waals surface area contributed by atoms with Gasteiger partial charge < -0.3 is 26.4 Å². The number of amides is 4. The second-order valence-corrected chi connectivity index (χ2v) is 4.23. The van der Waals surface area contributed by atoms with Crippen LogP contribution in [-0.4, -0.2) is 32.3 Å². The summed E-state index contributed by atoms with van der Waals surface area (Å²) in [6, 6.07) is 6.05. The molecule has 0 heterocycles. The van der Waals surface area contributed by atoms with Crippen LogP contribution in [0.2, 0.25) is 0 Å². The van der Waals surface area contributed by atoms with Gasteiger partial charge in [0.1, 0.15) is 0 Å². The standard InChI is InChI=1S/C13H20N4O3/c1-9(16-13(19)15-7-8-20-2)10-3-5-11(6-4-10)17-12(14)18/h3-6,9H,7-8H2,1-2H3,(H3,14,17,18)(H2,15,16,19)/t9-/m0/s1. The first kappa shape index (κ1) is 15.8. The molecule has 0 unspecified atom stereocenters. The molecule has 0 saturated heterocycles. The van der Waals surface area contributed by atoms with Gasteiger partial charge in [0, 0.05) is 19.3 Å². The molecule has 0 bridgehead atoms. The summed E-state index contributed by atoms with van der Waals surface area (Å²) in [6.45, 7) is 2.79. The number of benzene rings is 1. The van der Waals surface area contributed by atoms with E-state index in [1.54, 1.807) is 19.2 Å². The zero-order valence-corrected chi connectivity index (χ0v) is 11.6. The van der Waals surface area contributed by atoms with E-state index in [-0.39, 0.29) is 12.1 Å². The SMILES string of the molecule is COCCNC(=O)N[C@@H](C)c1ccc(NC(N)=O)cc1. The van der Waals surface area contributed by atoms with Gasteiger partial charge in [-0.3, -0.25) is 0 Å². The Morgan fingerprint density at radius 1 is 1.30 bits per heavy atom. The number of rotatable bonds is 6. The van der Waals surface area contributed by atoms with Gasteiger partial charge in [-0.2, -0.15) is 0 Å². The van der Waals surface area contributed by atoms with Crippen molar-refractivity contribution in [2.45, 2.75) is 13.0 Å². The third kappa shape index (κ3) is 5.57. The lowest BCUT2D eigenvalue weighted by Crippen LogP contribution is -2.38. The summed E-state index contributed by atoms with van der Waals surface area (Å²) < 4.78 is 4.84. The molecule has 1 atom stereocenters. The van der Waals surface area contributed by atoms with Crippen LogP contribution < -0.4 is 21.7 Å². The molecular weight excluding hydrogens is 260 g/mol. The molecule has 7 nitrogen and oxygen atoms in total. The van der Waals surface area contributed by atoms with Crippen molar-refractivity contribution in [2.24, 2.45) is 5.73 Å². The molecular formula is C13H20N4O3. The lowest BCUT2D eigenvalue weighted by atomic mass is 10.1. The molecule has 1 aromatic carbocycles. The Balaban J connectivity index is 2.48. The van der Waals surface area contributed by atoms with Crippen molar-refractivity contribution in [3.8, 4) is 0 Å². The largest absolute Gasteiger partial charge is 0.383 e. The van der Waals surface area contributed by atoms with E-state index in [1.165, 1.54) is 0 Å². The number of nitrogens with two attached hydrogens (primary N) is 1. The van der Waals surface area contributed by atoms with Crippen LogP contribution in [0.15, 0.2) is 24.3 Å². The third-order valence-corrected chi connectivity index (χ3v) is 2.62. The van der Waals surface area contributed by atoms with Crippen LogP contribution in [0.4, 0.5) is 15.3 Å². The Hall–Kier alpha value is -2.28. The van der Waals surface area contributed by atoms with Gasteiger partial charge in [0.15, 0.2) is 0 Å². The van der Waals surface area contributed by atoms with E-state index in [4.69, 9.17) is 10.5 Å². The fourth-order valence-corrected chi connectivity index (χ4v) is 1.60. The molecule has 4 amide bonds. The smallest absolute Gasteiger partial charge is 0.316 e. The van der Waals surface area contributed by atoms with Gasteiger partial charge in [-0.15, -0.1) is 0 Å². The lowest BCUT2D eigenvalue weighted by Gasteiger charge is -2.15. The molecule has 0 aliphatic heterocycles. The number of primary amides is 1. The Morgan fingerprint density at radius 2 is 1.95 bits per heavy atom. The van der Waals surface area contributed by atoms with Crippen LogP contribution in [0.1, 0.15) is 18.5 Å². The van der Waals surface area contributed by atoms with Gasteiger partial charge in [0.25, 0.3) is 0 Å². The van der Waals surface area contributed by atoms with E-state index < -0.39 is 6.03 Å². The number of anilines is 1. The van der Waals surface area contributed by atoms with E-state index in [2.05, 4.69) is 16.0 Å². The molecule has 0 spiro atoms. The molecule has 7 heteroatoms. The Labute approximate surface area is 117 Å². The quantitative estimate of drug-likeness (QED) is 0.588. The fourth-order valence-electron chi connectivity index (χ4n) is 1.60. The number of hydrogen-bond donors (Lipinski definition) is 4. The predicted octanol–water partition coefficient (Wildman–Crippen LogP) is 1.18. The Morgan fingerprint density at radius 3 is 2.50 bits per heavy atom. The van der Waals surface area contributed by atoms with Gasteiger partial charge in [-0.1, -0.05) is 12.1 Å². The molecule has 0 fully saturated rings. The zero-order valence-electron chi connectivity index (χ0n) is 11.6. The molecule has 0 aromatic heterocycles. The van der Waals surface area contributed by atoms with Crippen LogP contribution in [-0.2, 0) is 4.74 Å². The summed E-state index contributed by atoms with van der Waals surface area (Å²) in [5, 5.41) is 7.94. The number of hydrogen-bond acceptors (Lipinski definition) is 3. The van der Waals surface area contributed by atoms with Crippen molar-refractivity contribution in [3.63, 3.8) is 0 Å². The maximum absolute atomic E-state index is 11.6. The van der Waals surface area contributed by atoms with Crippen LogP contribution in [0, 0.1) is 0 Å². The molecule has 0 aliphatic rings. The topological polar surface area (TPSA) is 105 Å². The van der Waals surface area contributed by atoms with Gasteiger partial charge in [-0.05, 0) is 24.6 Å². The van der Waals surface area contributed by atoms with Crippen molar-refractivity contribution < 1.29 is 14.3 Å². The number of methoxy groups -OCH3 is 1. The highest BCUT2D eigenvalue weighted by Crippen LogP contribution is 2.15. The summed E-state index contributed by atoms with van der Waals surface area (Å²) in [7, 11) is 1.57. The Bertz CT molecular complexity index is 447. The number of carbonyl (C=O) groups is 2. The van der Waals surface area contributed by atoms with E-state index in [1.807, 2.05) is 19.1 Å². The van der Waals surface area contributed by atoms with Gasteiger partial charge in [0.05, 0.1) is 12.6 Å². The lowest BCUT2D eigenvalue weighted by molar-refractivity contribution is 0.195. The third-order valence-electron chi connectivity index (χ3n) is 2.62. The monoisotopic (exact) mass is 280 g/mol. The second kappa shape index (κ2) is 8.00. The zero-order chi connectivity index (χ0) is 15.0. The molecule has 5 N–H and O–H groups in total. The highest BCUT2D eigenvalue weighted by Gasteiger charge is 2.09. The van der Waals surface area contributed by atoms with E-state index in [0.29, 0.717) is 18.8 Å². The molecule has 110 valence electrons. The molecule has 0 aliphatic carbocycles. The minimum Gasteiger partial charge on any atom is -0.383 e. The molecule has 20 heavy (non-hydrogen) atoms. The van der Waals surface area contributed by atoms with Crippen molar-refractivity contribution in [1.29, 1.82) is 0 Å². The number of ether oxygens (including phenoxy) is 1. The summed E-state index contributed by atoms with van der Waals surface area (Å²) in [5.74, 6) is 0. The molecule has 0 saturated carbocycles. The van der Waals surface area contributed by atoms with Crippen LogP contribution in [0.5, 0.6) is 0 Å². The van der Waals surface area contributed by atoms with Crippen LogP contribution in [0.3, 0.4) is 0 Å². The number of urea groups is 2. The van der Waals surface area contributed by atoms with Crippen LogP contribution >= 0.6 is 0 Å². The molecule has 0 radical (unpaired) electrons. The summed E-state index contributed by atoms with van der Waals surface area (Å²) in [6.07, 6.45) is 0.